The monoisotopic (exact) mass is 372 g/mol. The fourth-order valence-electron chi connectivity index (χ4n) is 2.83. The molecule has 0 aliphatic heterocycles. The van der Waals surface area contributed by atoms with E-state index >= 15 is 0 Å². The minimum atomic E-state index is -0.392. The van der Waals surface area contributed by atoms with Gasteiger partial charge in [-0.15, -0.1) is 12.4 Å². The Morgan fingerprint density at radius 2 is 1.77 bits per heavy atom. The Kier molecular flexibility index (Phi) is 6.40. The molecular formula is C20H25ClN4O. The van der Waals surface area contributed by atoms with Crippen LogP contribution in [-0.4, -0.2) is 27.5 Å². The van der Waals surface area contributed by atoms with Gasteiger partial charge in [-0.3, -0.25) is 9.36 Å². The van der Waals surface area contributed by atoms with Gasteiger partial charge >= 0.3 is 0 Å². The van der Waals surface area contributed by atoms with E-state index in [-0.39, 0.29) is 18.3 Å². The molecule has 5 nitrogen and oxygen atoms in total. The van der Waals surface area contributed by atoms with E-state index < -0.39 is 5.54 Å². The minimum Gasteiger partial charge on any atom is -0.350 e. The van der Waals surface area contributed by atoms with Crippen LogP contribution >= 0.6 is 12.4 Å². The zero-order chi connectivity index (χ0) is 17.9. The van der Waals surface area contributed by atoms with Crippen molar-refractivity contribution in [3.8, 4) is 5.69 Å². The Balaban J connectivity index is 0.00000243. The van der Waals surface area contributed by atoms with E-state index in [0.717, 1.165) is 22.5 Å². The standard InChI is InChI=1S/C20H24N4O.ClH/c1-20(2,14-21)23-19(25)13-12-18-22-16-10-6-7-11-17(16)24(18)15-8-4-3-5-9-15;/h3-11H,12-14,21H2,1-2H3,(H,23,25);1H. The van der Waals surface area contributed by atoms with Crippen LogP contribution in [0.5, 0.6) is 0 Å². The van der Waals surface area contributed by atoms with Gasteiger partial charge in [0.05, 0.1) is 11.0 Å². The number of amides is 1. The molecule has 0 saturated heterocycles. The number of carbonyl (C=O) groups is 1. The molecule has 0 fully saturated rings. The quantitative estimate of drug-likeness (QED) is 0.697. The molecule has 0 spiro atoms. The van der Waals surface area contributed by atoms with Crippen molar-refractivity contribution in [2.24, 2.45) is 5.73 Å². The summed E-state index contributed by atoms with van der Waals surface area (Å²) in [6.07, 6.45) is 0.940. The number of benzene rings is 2. The molecule has 3 aromatic rings. The Morgan fingerprint density at radius 3 is 2.46 bits per heavy atom. The van der Waals surface area contributed by atoms with E-state index in [9.17, 15) is 4.79 Å². The van der Waals surface area contributed by atoms with Crippen LogP contribution in [0.4, 0.5) is 0 Å². The zero-order valence-electron chi connectivity index (χ0n) is 15.1. The molecule has 0 aliphatic rings. The molecule has 0 atom stereocenters. The van der Waals surface area contributed by atoms with Gasteiger partial charge in [0.1, 0.15) is 5.82 Å². The topological polar surface area (TPSA) is 72.9 Å². The summed E-state index contributed by atoms with van der Waals surface area (Å²) < 4.78 is 2.12. The third kappa shape index (κ3) is 4.42. The van der Waals surface area contributed by atoms with Crippen LogP contribution in [0.25, 0.3) is 16.7 Å². The Labute approximate surface area is 160 Å². The highest BCUT2D eigenvalue weighted by Crippen LogP contribution is 2.22. The number of nitrogens with two attached hydrogens (primary N) is 1. The summed E-state index contributed by atoms with van der Waals surface area (Å²) >= 11 is 0. The Bertz CT molecular complexity index is 874. The third-order valence-electron chi connectivity index (χ3n) is 4.21. The molecule has 3 rings (SSSR count). The Hall–Kier alpha value is -2.37. The molecule has 0 saturated carbocycles. The van der Waals surface area contributed by atoms with Crippen LogP contribution in [0.3, 0.4) is 0 Å². The summed E-state index contributed by atoms with van der Waals surface area (Å²) in [5.41, 5.74) is 8.32. The summed E-state index contributed by atoms with van der Waals surface area (Å²) in [4.78, 5) is 17.0. The highest BCUT2D eigenvalue weighted by Gasteiger charge is 2.19. The first-order valence-electron chi connectivity index (χ1n) is 8.53. The molecule has 6 heteroatoms. The summed E-state index contributed by atoms with van der Waals surface area (Å²) in [7, 11) is 0. The number of imidazole rings is 1. The average Bonchev–Trinajstić information content (AvgIpc) is 2.99. The number of aromatic nitrogens is 2. The van der Waals surface area contributed by atoms with Crippen LogP contribution in [0.15, 0.2) is 54.6 Å². The number of carbonyl (C=O) groups excluding carboxylic acids is 1. The normalized spacial score (nSPS) is 11.2. The fraction of sp³-hybridized carbons (Fsp3) is 0.300. The predicted octanol–water partition coefficient (Wildman–Crippen LogP) is 3.23. The van der Waals surface area contributed by atoms with Gasteiger partial charge in [-0.05, 0) is 38.1 Å². The van der Waals surface area contributed by atoms with E-state index in [1.807, 2.05) is 50.2 Å². The van der Waals surface area contributed by atoms with Gasteiger partial charge in [0.25, 0.3) is 0 Å². The van der Waals surface area contributed by atoms with Crippen molar-refractivity contribution in [1.29, 1.82) is 0 Å². The number of nitrogens with zero attached hydrogens (tertiary/aromatic N) is 2. The van der Waals surface area contributed by atoms with Gasteiger partial charge < -0.3 is 11.1 Å². The second kappa shape index (κ2) is 8.34. The van der Waals surface area contributed by atoms with E-state index in [2.05, 4.69) is 28.1 Å². The van der Waals surface area contributed by atoms with Crippen molar-refractivity contribution in [2.45, 2.75) is 32.2 Å². The number of hydrogen-bond donors (Lipinski definition) is 2. The van der Waals surface area contributed by atoms with Crippen molar-refractivity contribution < 1.29 is 4.79 Å². The predicted molar refractivity (Wildman–Crippen MR) is 108 cm³/mol. The molecule has 1 heterocycles. The van der Waals surface area contributed by atoms with Crippen LogP contribution in [0.1, 0.15) is 26.1 Å². The fourth-order valence-corrected chi connectivity index (χ4v) is 2.83. The second-order valence-electron chi connectivity index (χ2n) is 6.82. The summed E-state index contributed by atoms with van der Waals surface area (Å²) in [6.45, 7) is 4.25. The minimum absolute atomic E-state index is 0. The lowest BCUT2D eigenvalue weighted by Gasteiger charge is -2.24. The third-order valence-corrected chi connectivity index (χ3v) is 4.21. The average molecular weight is 373 g/mol. The maximum Gasteiger partial charge on any atom is 0.220 e. The highest BCUT2D eigenvalue weighted by molar-refractivity contribution is 5.85. The largest absolute Gasteiger partial charge is 0.350 e. The van der Waals surface area contributed by atoms with Gasteiger partial charge in [0.15, 0.2) is 0 Å². The summed E-state index contributed by atoms with van der Waals surface area (Å²) in [5, 5.41) is 2.97. The number of nitrogens with one attached hydrogen (secondary N) is 1. The first kappa shape index (κ1) is 19.9. The molecular weight excluding hydrogens is 348 g/mol. The van der Waals surface area contributed by atoms with Gasteiger partial charge in [-0.2, -0.15) is 0 Å². The van der Waals surface area contributed by atoms with Crippen molar-refractivity contribution in [2.75, 3.05) is 6.54 Å². The SMILES string of the molecule is CC(C)(CN)NC(=O)CCc1nc2ccccc2n1-c1ccccc1.Cl. The molecule has 1 amide bonds. The van der Waals surface area contributed by atoms with Crippen LogP contribution in [0, 0.1) is 0 Å². The number of para-hydroxylation sites is 3. The van der Waals surface area contributed by atoms with Crippen molar-refractivity contribution in [1.82, 2.24) is 14.9 Å². The van der Waals surface area contributed by atoms with Gasteiger partial charge in [-0.1, -0.05) is 30.3 Å². The van der Waals surface area contributed by atoms with Crippen LogP contribution < -0.4 is 11.1 Å². The number of halogens is 1. The lowest BCUT2D eigenvalue weighted by molar-refractivity contribution is -0.122. The van der Waals surface area contributed by atoms with Crippen molar-refractivity contribution in [3.63, 3.8) is 0 Å². The number of aryl methyl sites for hydroxylation is 1. The van der Waals surface area contributed by atoms with Gasteiger partial charge in [0.2, 0.25) is 5.91 Å². The number of fused-ring (bicyclic) bond motifs is 1. The lowest BCUT2D eigenvalue weighted by atomic mass is 10.1. The van der Waals surface area contributed by atoms with Crippen LogP contribution in [-0.2, 0) is 11.2 Å². The van der Waals surface area contributed by atoms with E-state index in [4.69, 9.17) is 10.7 Å². The smallest absolute Gasteiger partial charge is 0.220 e. The first-order chi connectivity index (χ1) is 12.0. The molecule has 0 aliphatic carbocycles. The molecule has 1 aromatic heterocycles. The first-order valence-corrected chi connectivity index (χ1v) is 8.53. The molecule has 0 bridgehead atoms. The Morgan fingerprint density at radius 1 is 1.12 bits per heavy atom. The lowest BCUT2D eigenvalue weighted by Crippen LogP contribution is -2.48. The molecule has 0 unspecified atom stereocenters. The number of hydrogen-bond acceptors (Lipinski definition) is 3. The van der Waals surface area contributed by atoms with Crippen molar-refractivity contribution in [3.05, 3.63) is 60.4 Å². The van der Waals surface area contributed by atoms with Crippen LogP contribution in [0.2, 0.25) is 0 Å². The van der Waals surface area contributed by atoms with Crippen molar-refractivity contribution >= 4 is 29.3 Å². The highest BCUT2D eigenvalue weighted by atomic mass is 35.5. The maximum absolute atomic E-state index is 12.3. The second-order valence-corrected chi connectivity index (χ2v) is 6.82. The van der Waals surface area contributed by atoms with E-state index in [1.165, 1.54) is 0 Å². The van der Waals surface area contributed by atoms with E-state index in [0.29, 0.717) is 19.4 Å². The molecule has 138 valence electrons. The molecule has 2 aromatic carbocycles. The zero-order valence-corrected chi connectivity index (χ0v) is 15.9. The summed E-state index contributed by atoms with van der Waals surface area (Å²) in [6, 6.07) is 18.1. The van der Waals surface area contributed by atoms with Gasteiger partial charge in [-0.25, -0.2) is 4.98 Å². The molecule has 26 heavy (non-hydrogen) atoms. The van der Waals surface area contributed by atoms with E-state index in [1.54, 1.807) is 0 Å². The van der Waals surface area contributed by atoms with Gasteiger partial charge in [0, 0.05) is 30.6 Å². The molecule has 3 N–H and O–H groups in total. The molecule has 0 radical (unpaired) electrons. The maximum atomic E-state index is 12.3. The number of rotatable bonds is 6. The summed E-state index contributed by atoms with van der Waals surface area (Å²) in [5.74, 6) is 0.871.